The van der Waals surface area contributed by atoms with Crippen molar-refractivity contribution < 1.29 is 27.4 Å². The topological polar surface area (TPSA) is 90.3 Å². The molecule has 0 saturated carbocycles. The molecule has 11 heteroatoms. The fourth-order valence-electron chi connectivity index (χ4n) is 3.71. The molecule has 0 atom stereocenters. The molecule has 38 heavy (non-hydrogen) atoms. The number of halogens is 3. The van der Waals surface area contributed by atoms with Crippen LogP contribution in [0.1, 0.15) is 18.4 Å². The van der Waals surface area contributed by atoms with Crippen LogP contribution < -0.4 is 20.1 Å². The van der Waals surface area contributed by atoms with Gasteiger partial charge in [-0.3, -0.25) is 0 Å². The first-order valence-corrected chi connectivity index (χ1v) is 11.9. The number of carbonyl (C=O) groups is 1. The van der Waals surface area contributed by atoms with E-state index in [4.69, 9.17) is 4.74 Å². The summed E-state index contributed by atoms with van der Waals surface area (Å²) in [5, 5.41) is 10.0. The van der Waals surface area contributed by atoms with Crippen molar-refractivity contribution in [1.29, 1.82) is 0 Å². The Hall–Kier alpha value is -4.54. The number of aromatic nitrogens is 3. The van der Waals surface area contributed by atoms with Crippen LogP contribution in [0.3, 0.4) is 0 Å². The number of hydrogen-bond acceptors (Lipinski definition) is 5. The summed E-state index contributed by atoms with van der Waals surface area (Å²) in [4.78, 5) is 16.4. The molecular weight excluding hydrogens is 499 g/mol. The summed E-state index contributed by atoms with van der Waals surface area (Å²) in [6.45, 7) is 0.545. The first-order valence-electron chi connectivity index (χ1n) is 11.9. The highest BCUT2D eigenvalue weighted by molar-refractivity contribution is 5.90. The van der Waals surface area contributed by atoms with Gasteiger partial charge in [0.2, 0.25) is 0 Å². The van der Waals surface area contributed by atoms with Crippen LogP contribution in [0.15, 0.2) is 79.1 Å². The first kappa shape index (κ1) is 26.5. The van der Waals surface area contributed by atoms with E-state index in [1.54, 1.807) is 19.2 Å². The maximum atomic E-state index is 12.3. The van der Waals surface area contributed by atoms with Crippen molar-refractivity contribution in [3.63, 3.8) is 0 Å². The quantitative estimate of drug-likeness (QED) is 0.249. The third kappa shape index (κ3) is 7.48. The molecule has 1 heterocycles. The molecule has 4 rings (SSSR count). The average molecular weight is 526 g/mol. The smallest absolute Gasteiger partial charge is 0.495 e. The standard InChI is InChI=1S/C27H26F3N5O3/c1-37-24-8-3-2-7-23(24)33-26(36)31-17-5-4-6-19-9-11-20(12-10-19)25-32-18-35(34-25)21-13-15-22(16-14-21)38-27(28,29)30/h2-3,7-16,18H,4-6,17H2,1H3,(H2,31,33,36). The number of urea groups is 1. The third-order valence-corrected chi connectivity index (χ3v) is 5.57. The van der Waals surface area contributed by atoms with E-state index in [1.807, 2.05) is 36.4 Å². The maximum absolute atomic E-state index is 12.3. The lowest BCUT2D eigenvalue weighted by Gasteiger charge is -2.11. The number of anilines is 1. The van der Waals surface area contributed by atoms with Gasteiger partial charge in [-0.05, 0) is 61.2 Å². The molecule has 0 saturated heterocycles. The van der Waals surface area contributed by atoms with Gasteiger partial charge in [0.15, 0.2) is 5.82 Å². The minimum absolute atomic E-state index is 0.281. The molecule has 3 aromatic carbocycles. The normalized spacial score (nSPS) is 11.2. The van der Waals surface area contributed by atoms with Gasteiger partial charge in [0, 0.05) is 12.1 Å². The van der Waals surface area contributed by atoms with E-state index in [0.29, 0.717) is 29.5 Å². The van der Waals surface area contributed by atoms with Gasteiger partial charge in [0.1, 0.15) is 17.8 Å². The van der Waals surface area contributed by atoms with Crippen LogP contribution in [0.25, 0.3) is 17.1 Å². The van der Waals surface area contributed by atoms with Crippen molar-refractivity contribution in [2.45, 2.75) is 25.6 Å². The summed E-state index contributed by atoms with van der Waals surface area (Å²) in [7, 11) is 1.55. The van der Waals surface area contributed by atoms with E-state index >= 15 is 0 Å². The van der Waals surface area contributed by atoms with Gasteiger partial charge in [0.05, 0.1) is 18.5 Å². The van der Waals surface area contributed by atoms with Crippen LogP contribution in [0.4, 0.5) is 23.7 Å². The Kier molecular flexibility index (Phi) is 8.47. The van der Waals surface area contributed by atoms with Crippen molar-refractivity contribution in [2.24, 2.45) is 0 Å². The fourth-order valence-corrected chi connectivity index (χ4v) is 3.71. The number of aryl methyl sites for hydroxylation is 1. The Balaban J connectivity index is 1.22. The van der Waals surface area contributed by atoms with E-state index < -0.39 is 6.36 Å². The molecule has 0 radical (unpaired) electrons. The van der Waals surface area contributed by atoms with Gasteiger partial charge in [-0.2, -0.15) is 0 Å². The van der Waals surface area contributed by atoms with Crippen LogP contribution in [-0.2, 0) is 6.42 Å². The van der Waals surface area contributed by atoms with Gasteiger partial charge in [0.25, 0.3) is 0 Å². The SMILES string of the molecule is COc1ccccc1NC(=O)NCCCCc1ccc(-c2ncn(-c3ccc(OC(F)(F)F)cc3)n2)cc1. The van der Waals surface area contributed by atoms with Crippen LogP contribution in [0, 0.1) is 0 Å². The minimum atomic E-state index is -4.74. The molecule has 8 nitrogen and oxygen atoms in total. The number of rotatable bonds is 10. The van der Waals surface area contributed by atoms with Crippen molar-refractivity contribution in [3.8, 4) is 28.6 Å². The van der Waals surface area contributed by atoms with Gasteiger partial charge >= 0.3 is 12.4 Å². The van der Waals surface area contributed by atoms with Crippen molar-refractivity contribution >= 4 is 11.7 Å². The summed E-state index contributed by atoms with van der Waals surface area (Å²) in [6.07, 6.45) is -0.668. The Morgan fingerprint density at radius 1 is 0.974 bits per heavy atom. The molecule has 0 aliphatic heterocycles. The zero-order valence-corrected chi connectivity index (χ0v) is 20.5. The van der Waals surface area contributed by atoms with Crippen molar-refractivity contribution in [1.82, 2.24) is 20.1 Å². The molecule has 0 spiro atoms. The van der Waals surface area contributed by atoms with Crippen LogP contribution in [0.5, 0.6) is 11.5 Å². The number of ether oxygens (including phenoxy) is 2. The lowest BCUT2D eigenvalue weighted by molar-refractivity contribution is -0.274. The molecule has 0 unspecified atom stereocenters. The number of alkyl halides is 3. The summed E-state index contributed by atoms with van der Waals surface area (Å²) in [5.41, 5.74) is 3.13. The van der Waals surface area contributed by atoms with Crippen LogP contribution in [-0.4, -0.2) is 40.8 Å². The molecule has 2 N–H and O–H groups in total. The van der Waals surface area contributed by atoms with E-state index in [-0.39, 0.29) is 11.8 Å². The second-order valence-corrected chi connectivity index (χ2v) is 8.29. The number of nitrogens with one attached hydrogen (secondary N) is 2. The number of amides is 2. The molecule has 198 valence electrons. The lowest BCUT2D eigenvalue weighted by Crippen LogP contribution is -2.29. The number of para-hydroxylation sites is 2. The molecule has 2 amide bonds. The summed E-state index contributed by atoms with van der Waals surface area (Å²) in [6, 6.07) is 20.2. The zero-order chi connectivity index (χ0) is 27.0. The highest BCUT2D eigenvalue weighted by Crippen LogP contribution is 2.25. The highest BCUT2D eigenvalue weighted by Gasteiger charge is 2.31. The summed E-state index contributed by atoms with van der Waals surface area (Å²) in [5.74, 6) is 0.795. The van der Waals surface area contributed by atoms with Crippen LogP contribution in [0.2, 0.25) is 0 Å². The predicted octanol–water partition coefficient (Wildman–Crippen LogP) is 5.99. The largest absolute Gasteiger partial charge is 0.573 e. The average Bonchev–Trinajstić information content (AvgIpc) is 3.39. The van der Waals surface area contributed by atoms with E-state index in [0.717, 1.165) is 30.4 Å². The van der Waals surface area contributed by atoms with Gasteiger partial charge in [-0.15, -0.1) is 18.3 Å². The van der Waals surface area contributed by atoms with Gasteiger partial charge in [-0.1, -0.05) is 36.4 Å². The Bertz CT molecular complexity index is 1340. The molecule has 4 aromatic rings. The van der Waals surface area contributed by atoms with Crippen LogP contribution >= 0.6 is 0 Å². The second kappa shape index (κ2) is 12.1. The Morgan fingerprint density at radius 2 is 1.71 bits per heavy atom. The number of benzene rings is 3. The molecule has 1 aromatic heterocycles. The summed E-state index contributed by atoms with van der Waals surface area (Å²) >= 11 is 0. The number of methoxy groups -OCH3 is 1. The molecule has 0 bridgehead atoms. The highest BCUT2D eigenvalue weighted by atomic mass is 19.4. The zero-order valence-electron chi connectivity index (χ0n) is 20.5. The van der Waals surface area contributed by atoms with Crippen molar-refractivity contribution in [3.05, 3.63) is 84.7 Å². The van der Waals surface area contributed by atoms with Crippen molar-refractivity contribution in [2.75, 3.05) is 19.0 Å². The second-order valence-electron chi connectivity index (χ2n) is 8.29. The number of hydrogen-bond donors (Lipinski definition) is 2. The number of carbonyl (C=O) groups excluding carboxylic acids is 1. The summed E-state index contributed by atoms with van der Waals surface area (Å²) < 4.78 is 47.6. The Morgan fingerprint density at radius 3 is 2.42 bits per heavy atom. The lowest BCUT2D eigenvalue weighted by atomic mass is 10.1. The van der Waals surface area contributed by atoms with E-state index in [9.17, 15) is 18.0 Å². The molecule has 0 fully saturated rings. The predicted molar refractivity (Wildman–Crippen MR) is 136 cm³/mol. The van der Waals surface area contributed by atoms with E-state index in [1.165, 1.54) is 35.3 Å². The molecular formula is C27H26F3N5O3. The Labute approximate surface area is 217 Å². The minimum Gasteiger partial charge on any atom is -0.495 e. The van der Waals surface area contributed by atoms with Gasteiger partial charge < -0.3 is 20.1 Å². The number of unbranched alkanes of at least 4 members (excludes halogenated alkanes) is 1. The molecule has 0 aliphatic rings. The van der Waals surface area contributed by atoms with E-state index in [2.05, 4.69) is 25.5 Å². The maximum Gasteiger partial charge on any atom is 0.573 e. The first-order chi connectivity index (χ1) is 18.3. The monoisotopic (exact) mass is 525 g/mol. The third-order valence-electron chi connectivity index (χ3n) is 5.57. The number of nitrogens with zero attached hydrogens (tertiary/aromatic N) is 3. The fraction of sp³-hybridized carbons (Fsp3) is 0.222. The molecule has 0 aliphatic carbocycles. The van der Waals surface area contributed by atoms with Gasteiger partial charge in [-0.25, -0.2) is 14.5 Å².